The first kappa shape index (κ1) is 19.8. The molecule has 0 bridgehead atoms. The van der Waals surface area contributed by atoms with Gasteiger partial charge in [-0.1, -0.05) is 12.1 Å². The van der Waals surface area contributed by atoms with Crippen LogP contribution in [0.3, 0.4) is 0 Å². The lowest BCUT2D eigenvalue weighted by atomic mass is 10.1. The molecule has 1 amide bonds. The van der Waals surface area contributed by atoms with Crippen molar-refractivity contribution < 1.29 is 9.53 Å². The molecular weight excluding hydrogens is 372 g/mol. The van der Waals surface area contributed by atoms with E-state index in [4.69, 9.17) is 4.74 Å². The second kappa shape index (κ2) is 8.39. The lowest BCUT2D eigenvalue weighted by Crippen LogP contribution is -2.33. The molecule has 28 heavy (non-hydrogen) atoms. The average Bonchev–Trinajstić information content (AvgIpc) is 3.27. The molecule has 3 rings (SSSR count). The highest BCUT2D eigenvalue weighted by molar-refractivity contribution is 7.12. The Kier molecular flexibility index (Phi) is 5.94. The lowest BCUT2D eigenvalue weighted by molar-refractivity contribution is -0.127. The van der Waals surface area contributed by atoms with Gasteiger partial charge >= 0.3 is 0 Å². The smallest absolute Gasteiger partial charge is 0.280 e. The first-order valence-corrected chi connectivity index (χ1v) is 9.91. The number of rotatable bonds is 6. The molecule has 146 valence electrons. The van der Waals surface area contributed by atoms with E-state index in [1.54, 1.807) is 30.7 Å². The number of nitrogens with zero attached hydrogens (tertiary/aromatic N) is 3. The zero-order valence-corrected chi connectivity index (χ0v) is 17.5. The van der Waals surface area contributed by atoms with E-state index in [1.165, 1.54) is 0 Å². The molecule has 0 unspecified atom stereocenters. The van der Waals surface area contributed by atoms with Crippen molar-refractivity contribution in [1.29, 1.82) is 0 Å². The summed E-state index contributed by atoms with van der Waals surface area (Å²) in [5.41, 5.74) is 7.72. The lowest BCUT2D eigenvalue weighted by Gasteiger charge is -2.15. The fourth-order valence-electron chi connectivity index (χ4n) is 2.89. The average molecular weight is 397 g/mol. The Hall–Kier alpha value is -2.93. The predicted octanol–water partition coefficient (Wildman–Crippen LogP) is 4.09. The monoisotopic (exact) mass is 396 g/mol. The summed E-state index contributed by atoms with van der Waals surface area (Å²) in [6.45, 7) is 9.72. The molecule has 1 aromatic carbocycles. The van der Waals surface area contributed by atoms with E-state index in [2.05, 4.69) is 20.1 Å². The minimum atomic E-state index is -0.652. The summed E-state index contributed by atoms with van der Waals surface area (Å²) in [6.07, 6.45) is 2.78. The number of aryl methyl sites for hydroxylation is 2. The second-order valence-electron chi connectivity index (χ2n) is 6.67. The molecule has 1 N–H and O–H groups in total. The fourth-order valence-corrected chi connectivity index (χ4v) is 3.64. The second-order valence-corrected chi connectivity index (χ2v) is 7.54. The fraction of sp³-hybridized carbons (Fsp3) is 0.286. The molecule has 0 saturated heterocycles. The Bertz CT molecular complexity index is 1010. The number of hydrogen-bond acceptors (Lipinski definition) is 5. The van der Waals surface area contributed by atoms with E-state index in [0.717, 1.165) is 33.2 Å². The number of aromatic nitrogens is 2. The molecule has 2 heterocycles. The Balaban J connectivity index is 1.65. The maximum atomic E-state index is 12.3. The number of thiazole rings is 1. The number of hydrogen-bond donors (Lipinski definition) is 1. The van der Waals surface area contributed by atoms with E-state index < -0.39 is 6.10 Å². The van der Waals surface area contributed by atoms with Gasteiger partial charge in [-0.2, -0.15) is 5.10 Å². The van der Waals surface area contributed by atoms with Crippen LogP contribution in [0.5, 0.6) is 5.75 Å². The zero-order chi connectivity index (χ0) is 20.3. The van der Waals surface area contributed by atoms with Crippen LogP contribution in [0.2, 0.25) is 0 Å². The number of ether oxygens (including phenoxy) is 1. The third-order valence-electron chi connectivity index (χ3n) is 4.69. The van der Waals surface area contributed by atoms with E-state index in [1.807, 2.05) is 57.3 Å². The van der Waals surface area contributed by atoms with Gasteiger partial charge in [-0.3, -0.25) is 9.36 Å². The number of benzene rings is 1. The Morgan fingerprint density at radius 3 is 2.82 bits per heavy atom. The molecule has 2 aromatic heterocycles. The summed E-state index contributed by atoms with van der Waals surface area (Å²) in [6, 6.07) is 7.81. The van der Waals surface area contributed by atoms with Crippen LogP contribution in [0.15, 0.2) is 40.9 Å². The van der Waals surface area contributed by atoms with Crippen molar-refractivity contribution in [3.63, 3.8) is 0 Å². The number of amides is 1. The van der Waals surface area contributed by atoms with Crippen LogP contribution in [0.4, 0.5) is 0 Å². The van der Waals surface area contributed by atoms with Crippen LogP contribution >= 0.6 is 11.3 Å². The van der Waals surface area contributed by atoms with Crippen LogP contribution < -0.4 is 10.2 Å². The van der Waals surface area contributed by atoms with E-state index in [9.17, 15) is 4.79 Å². The van der Waals surface area contributed by atoms with Crippen LogP contribution in [0.1, 0.15) is 35.0 Å². The van der Waals surface area contributed by atoms with Gasteiger partial charge in [0.1, 0.15) is 5.75 Å². The molecule has 0 aliphatic carbocycles. The molecule has 1 atom stereocenters. The van der Waals surface area contributed by atoms with E-state index >= 15 is 0 Å². The van der Waals surface area contributed by atoms with Crippen molar-refractivity contribution in [2.75, 3.05) is 0 Å². The SMILES string of the molecule is Cc1cccc(O[C@H](C)C(=O)N/N=C\c2cc(C)n(-c3nccs3)c2C)c1C. The van der Waals surface area contributed by atoms with E-state index in [0.29, 0.717) is 5.75 Å². The molecule has 0 radical (unpaired) electrons. The quantitative estimate of drug-likeness (QED) is 0.504. The zero-order valence-electron chi connectivity index (χ0n) is 16.7. The van der Waals surface area contributed by atoms with Crippen molar-refractivity contribution in [2.24, 2.45) is 5.10 Å². The number of hydrazone groups is 1. The van der Waals surface area contributed by atoms with Gasteiger partial charge in [0.2, 0.25) is 0 Å². The number of carbonyl (C=O) groups excluding carboxylic acids is 1. The van der Waals surface area contributed by atoms with Crippen molar-refractivity contribution in [1.82, 2.24) is 15.0 Å². The molecule has 7 heteroatoms. The minimum absolute atomic E-state index is 0.300. The van der Waals surface area contributed by atoms with Crippen LogP contribution in [-0.4, -0.2) is 27.8 Å². The minimum Gasteiger partial charge on any atom is -0.481 e. The maximum absolute atomic E-state index is 12.3. The summed E-state index contributed by atoms with van der Waals surface area (Å²) in [5.74, 6) is 0.407. The summed E-state index contributed by atoms with van der Waals surface area (Å²) in [5, 5.41) is 6.96. The van der Waals surface area contributed by atoms with E-state index in [-0.39, 0.29) is 5.91 Å². The summed E-state index contributed by atoms with van der Waals surface area (Å²) in [7, 11) is 0. The Labute approximate surface area is 168 Å². The first-order chi connectivity index (χ1) is 13.4. The topological polar surface area (TPSA) is 68.5 Å². The molecule has 0 fully saturated rings. The molecule has 0 aliphatic rings. The summed E-state index contributed by atoms with van der Waals surface area (Å²) >= 11 is 1.57. The molecule has 6 nitrogen and oxygen atoms in total. The predicted molar refractivity (Wildman–Crippen MR) is 113 cm³/mol. The Morgan fingerprint density at radius 2 is 2.11 bits per heavy atom. The standard InChI is InChI=1S/C21H24N4O2S/c1-13-7-6-8-19(15(13)3)27-17(5)20(26)24-23-12-18-11-14(2)25(16(18)4)21-22-9-10-28-21/h6-12,17H,1-5H3,(H,24,26)/b23-12-/t17-/m1/s1. The van der Waals surface area contributed by atoms with Crippen molar-refractivity contribution in [3.05, 3.63) is 63.9 Å². The van der Waals surface area contributed by atoms with Crippen LogP contribution in [0, 0.1) is 27.7 Å². The third kappa shape index (κ3) is 4.14. The normalized spacial score (nSPS) is 12.3. The number of nitrogens with one attached hydrogen (secondary N) is 1. The van der Waals surface area contributed by atoms with Crippen molar-refractivity contribution in [2.45, 2.75) is 40.7 Å². The largest absolute Gasteiger partial charge is 0.481 e. The van der Waals surface area contributed by atoms with Crippen molar-refractivity contribution >= 4 is 23.5 Å². The summed E-state index contributed by atoms with van der Waals surface area (Å²) < 4.78 is 7.86. The van der Waals surface area contributed by atoms with Gasteiger partial charge in [0.15, 0.2) is 11.2 Å². The Morgan fingerprint density at radius 1 is 1.32 bits per heavy atom. The molecule has 0 aliphatic heterocycles. The van der Waals surface area contributed by atoms with Gasteiger partial charge in [0.05, 0.1) is 6.21 Å². The molecule has 0 saturated carbocycles. The molecule has 0 spiro atoms. The van der Waals surface area contributed by atoms with Gasteiger partial charge < -0.3 is 4.74 Å². The van der Waals surface area contributed by atoms with Gasteiger partial charge in [-0.05, 0) is 57.9 Å². The first-order valence-electron chi connectivity index (χ1n) is 9.03. The van der Waals surface area contributed by atoms with Crippen LogP contribution in [0.25, 0.3) is 5.13 Å². The highest BCUT2D eigenvalue weighted by Gasteiger charge is 2.16. The number of carbonyl (C=O) groups is 1. The third-order valence-corrected chi connectivity index (χ3v) is 5.44. The highest BCUT2D eigenvalue weighted by atomic mass is 32.1. The van der Waals surface area contributed by atoms with Crippen LogP contribution in [-0.2, 0) is 4.79 Å². The molecule has 3 aromatic rings. The van der Waals surface area contributed by atoms with Crippen molar-refractivity contribution in [3.8, 4) is 10.9 Å². The van der Waals surface area contributed by atoms with Gasteiger partial charge in [-0.25, -0.2) is 10.4 Å². The summed E-state index contributed by atoms with van der Waals surface area (Å²) in [4.78, 5) is 16.7. The van der Waals surface area contributed by atoms with Gasteiger partial charge in [0.25, 0.3) is 5.91 Å². The molecular formula is C21H24N4O2S. The maximum Gasteiger partial charge on any atom is 0.280 e. The van der Waals surface area contributed by atoms with Gasteiger partial charge in [0, 0.05) is 28.5 Å². The van der Waals surface area contributed by atoms with Gasteiger partial charge in [-0.15, -0.1) is 11.3 Å². The highest BCUT2D eigenvalue weighted by Crippen LogP contribution is 2.22.